The highest BCUT2D eigenvalue weighted by Crippen LogP contribution is 2.28. The summed E-state index contributed by atoms with van der Waals surface area (Å²) in [5.74, 6) is -2.40. The number of carbonyl (C=O) groups is 2. The number of nitrogens with one attached hydrogen (secondary N) is 1. The van der Waals surface area contributed by atoms with Crippen molar-refractivity contribution in [1.82, 2.24) is 5.32 Å². The smallest absolute Gasteiger partial charge is 0.391 e. The third-order valence-electron chi connectivity index (χ3n) is 3.60. The number of aliphatic carboxylic acids is 1. The van der Waals surface area contributed by atoms with E-state index in [1.165, 1.54) is 0 Å². The van der Waals surface area contributed by atoms with Crippen LogP contribution >= 0.6 is 0 Å². The predicted molar refractivity (Wildman–Crippen MR) is 78.9 cm³/mol. The molecule has 128 valence electrons. The Bertz CT molecular complexity index is 541. The Kier molecular flexibility index (Phi) is 6.18. The lowest BCUT2D eigenvalue weighted by atomic mass is 9.80. The van der Waals surface area contributed by atoms with Crippen LogP contribution in [-0.4, -0.2) is 29.2 Å². The van der Waals surface area contributed by atoms with Gasteiger partial charge in [-0.2, -0.15) is 13.2 Å². The largest absolute Gasteiger partial charge is 0.480 e. The highest BCUT2D eigenvalue weighted by Gasteiger charge is 2.36. The second kappa shape index (κ2) is 7.48. The van der Waals surface area contributed by atoms with E-state index < -0.39 is 30.5 Å². The van der Waals surface area contributed by atoms with Gasteiger partial charge in [0.2, 0.25) is 5.91 Å². The van der Waals surface area contributed by atoms with Crippen LogP contribution in [0.15, 0.2) is 30.3 Å². The van der Waals surface area contributed by atoms with Crippen molar-refractivity contribution in [3.05, 3.63) is 35.9 Å². The second-order valence-electron chi connectivity index (χ2n) is 6.03. The van der Waals surface area contributed by atoms with E-state index in [0.717, 1.165) is 5.56 Å². The molecule has 0 saturated carbocycles. The van der Waals surface area contributed by atoms with Crippen LogP contribution in [0.2, 0.25) is 0 Å². The van der Waals surface area contributed by atoms with Crippen LogP contribution in [0, 0.1) is 0 Å². The molecule has 0 aromatic heterocycles. The first-order chi connectivity index (χ1) is 10.5. The fourth-order valence-corrected chi connectivity index (χ4v) is 2.16. The van der Waals surface area contributed by atoms with E-state index >= 15 is 0 Å². The summed E-state index contributed by atoms with van der Waals surface area (Å²) in [7, 11) is 0. The van der Waals surface area contributed by atoms with Crippen LogP contribution in [0.5, 0.6) is 0 Å². The van der Waals surface area contributed by atoms with Crippen LogP contribution in [0.4, 0.5) is 13.2 Å². The van der Waals surface area contributed by atoms with Crippen molar-refractivity contribution in [3.8, 4) is 0 Å². The van der Waals surface area contributed by atoms with Crippen molar-refractivity contribution in [2.24, 2.45) is 0 Å². The summed E-state index contributed by atoms with van der Waals surface area (Å²) in [6.07, 6.45) is -5.90. The van der Waals surface area contributed by atoms with Gasteiger partial charge in [-0.05, 0) is 17.4 Å². The zero-order valence-electron chi connectivity index (χ0n) is 13.0. The Morgan fingerprint density at radius 2 is 1.74 bits per heavy atom. The Morgan fingerprint density at radius 1 is 1.17 bits per heavy atom. The summed E-state index contributed by atoms with van der Waals surface area (Å²) in [5, 5.41) is 10.7. The molecule has 1 aromatic carbocycles. The molecule has 23 heavy (non-hydrogen) atoms. The average molecular weight is 331 g/mol. The Morgan fingerprint density at radius 3 is 2.22 bits per heavy atom. The molecule has 0 aliphatic carbocycles. The van der Waals surface area contributed by atoms with E-state index in [1.807, 2.05) is 49.5 Å². The number of alkyl halides is 3. The van der Waals surface area contributed by atoms with Crippen molar-refractivity contribution in [1.29, 1.82) is 0 Å². The number of carboxylic acids is 1. The maximum atomic E-state index is 12.3. The zero-order valence-corrected chi connectivity index (χ0v) is 13.0. The average Bonchev–Trinajstić information content (AvgIpc) is 2.44. The third kappa shape index (κ3) is 6.71. The third-order valence-corrected chi connectivity index (χ3v) is 3.60. The normalized spacial score (nSPS) is 13.4. The number of halogens is 3. The van der Waals surface area contributed by atoms with Crippen LogP contribution in [0.3, 0.4) is 0 Å². The Hall–Kier alpha value is -2.05. The monoisotopic (exact) mass is 331 g/mol. The molecule has 1 atom stereocenters. The van der Waals surface area contributed by atoms with E-state index in [1.54, 1.807) is 0 Å². The zero-order chi connectivity index (χ0) is 17.7. The molecule has 0 spiro atoms. The standard InChI is InChI=1S/C16H20F3NO3/c1-15(2,11-6-4-3-5-7-11)9-8-13(21)20-12(14(22)23)10-16(17,18)19/h3-7,12H,8-10H2,1-2H3,(H,20,21)(H,22,23). The quantitative estimate of drug-likeness (QED) is 0.806. The Labute approximate surface area is 132 Å². The summed E-state index contributed by atoms with van der Waals surface area (Å²) < 4.78 is 36.9. The number of hydrogen-bond acceptors (Lipinski definition) is 2. The maximum absolute atomic E-state index is 12.3. The van der Waals surface area contributed by atoms with Gasteiger partial charge in [-0.25, -0.2) is 4.79 Å². The van der Waals surface area contributed by atoms with E-state index in [2.05, 4.69) is 0 Å². The van der Waals surface area contributed by atoms with E-state index in [9.17, 15) is 22.8 Å². The first-order valence-corrected chi connectivity index (χ1v) is 7.16. The van der Waals surface area contributed by atoms with Crippen LogP contribution < -0.4 is 5.32 Å². The maximum Gasteiger partial charge on any atom is 0.391 e. The highest BCUT2D eigenvalue weighted by molar-refractivity contribution is 5.83. The molecule has 0 aliphatic heterocycles. The van der Waals surface area contributed by atoms with E-state index in [4.69, 9.17) is 5.11 Å². The molecular weight excluding hydrogens is 311 g/mol. The Balaban J connectivity index is 2.60. The lowest BCUT2D eigenvalue weighted by Crippen LogP contribution is -2.43. The van der Waals surface area contributed by atoms with Gasteiger partial charge in [0, 0.05) is 6.42 Å². The van der Waals surface area contributed by atoms with Crippen molar-refractivity contribution in [2.75, 3.05) is 0 Å². The minimum absolute atomic E-state index is 0.0521. The molecule has 4 nitrogen and oxygen atoms in total. The molecule has 0 saturated heterocycles. The molecule has 2 N–H and O–H groups in total. The SMILES string of the molecule is CC(C)(CCC(=O)NC(CC(F)(F)F)C(=O)O)c1ccccc1. The molecule has 7 heteroatoms. The van der Waals surface area contributed by atoms with E-state index in [-0.39, 0.29) is 11.8 Å². The first kappa shape index (κ1) is 19.0. The summed E-state index contributed by atoms with van der Waals surface area (Å²) in [4.78, 5) is 22.6. The van der Waals surface area contributed by atoms with Gasteiger partial charge < -0.3 is 10.4 Å². The molecule has 0 fully saturated rings. The van der Waals surface area contributed by atoms with Gasteiger partial charge in [0.05, 0.1) is 6.42 Å². The molecule has 0 heterocycles. The lowest BCUT2D eigenvalue weighted by molar-refractivity contribution is -0.160. The van der Waals surface area contributed by atoms with E-state index in [0.29, 0.717) is 6.42 Å². The number of amides is 1. The van der Waals surface area contributed by atoms with Gasteiger partial charge in [0.25, 0.3) is 0 Å². The fourth-order valence-electron chi connectivity index (χ4n) is 2.16. The van der Waals surface area contributed by atoms with Gasteiger partial charge in [0.1, 0.15) is 6.04 Å². The van der Waals surface area contributed by atoms with Crippen LogP contribution in [0.25, 0.3) is 0 Å². The molecule has 0 radical (unpaired) electrons. The number of carboxylic acid groups (broad SMARTS) is 1. The van der Waals surface area contributed by atoms with Gasteiger partial charge in [-0.3, -0.25) is 4.79 Å². The van der Waals surface area contributed by atoms with Crippen molar-refractivity contribution < 1.29 is 27.9 Å². The molecule has 0 bridgehead atoms. The molecule has 0 aliphatic rings. The van der Waals surface area contributed by atoms with Crippen LogP contribution in [-0.2, 0) is 15.0 Å². The summed E-state index contributed by atoms with van der Waals surface area (Å²) in [5.41, 5.74) is 0.652. The summed E-state index contributed by atoms with van der Waals surface area (Å²) >= 11 is 0. The number of benzene rings is 1. The van der Waals surface area contributed by atoms with Gasteiger partial charge in [0.15, 0.2) is 0 Å². The molecule has 1 amide bonds. The highest BCUT2D eigenvalue weighted by atomic mass is 19.4. The molecular formula is C16H20F3NO3. The van der Waals surface area contributed by atoms with Crippen molar-refractivity contribution in [2.45, 2.75) is 50.7 Å². The number of hydrogen-bond donors (Lipinski definition) is 2. The predicted octanol–water partition coefficient (Wildman–Crippen LogP) is 3.27. The van der Waals surface area contributed by atoms with Gasteiger partial charge >= 0.3 is 12.1 Å². The molecule has 1 rings (SSSR count). The minimum atomic E-state index is -4.65. The summed E-state index contributed by atoms with van der Waals surface area (Å²) in [6.45, 7) is 3.83. The molecule has 1 aromatic rings. The number of carbonyl (C=O) groups excluding carboxylic acids is 1. The van der Waals surface area contributed by atoms with Gasteiger partial charge in [-0.1, -0.05) is 44.2 Å². The minimum Gasteiger partial charge on any atom is -0.480 e. The van der Waals surface area contributed by atoms with Crippen molar-refractivity contribution in [3.63, 3.8) is 0 Å². The molecule has 1 unspecified atom stereocenters. The topological polar surface area (TPSA) is 66.4 Å². The van der Waals surface area contributed by atoms with Gasteiger partial charge in [-0.15, -0.1) is 0 Å². The first-order valence-electron chi connectivity index (χ1n) is 7.16. The number of rotatable bonds is 7. The second-order valence-corrected chi connectivity index (χ2v) is 6.03. The van der Waals surface area contributed by atoms with Crippen molar-refractivity contribution >= 4 is 11.9 Å². The fraction of sp³-hybridized carbons (Fsp3) is 0.500. The lowest BCUT2D eigenvalue weighted by Gasteiger charge is -2.25. The summed E-state index contributed by atoms with van der Waals surface area (Å²) in [6, 6.07) is 7.44. The van der Waals surface area contributed by atoms with Crippen LogP contribution in [0.1, 0.15) is 38.7 Å².